The lowest BCUT2D eigenvalue weighted by Gasteiger charge is -2.33. The van der Waals surface area contributed by atoms with Gasteiger partial charge in [-0.1, -0.05) is 33.1 Å². The second kappa shape index (κ2) is 13.4. The zero-order valence-corrected chi connectivity index (χ0v) is 17.0. The van der Waals surface area contributed by atoms with Crippen molar-refractivity contribution in [3.8, 4) is 0 Å². The van der Waals surface area contributed by atoms with Crippen LogP contribution in [0.15, 0.2) is 4.99 Å². The molecule has 0 radical (unpaired) electrons. The summed E-state index contributed by atoms with van der Waals surface area (Å²) in [7, 11) is 2.19. The SMILES string of the molecule is CCCCCCNC(N)=NCC(C)CN1CCN(C)CC1.I. The fraction of sp³-hybridized carbons (Fsp3) is 0.938. The average molecular weight is 425 g/mol. The molecule has 3 N–H and O–H groups in total. The molecule has 0 amide bonds. The molecule has 1 aliphatic heterocycles. The summed E-state index contributed by atoms with van der Waals surface area (Å²) in [4.78, 5) is 9.39. The van der Waals surface area contributed by atoms with Crippen LogP contribution in [0.4, 0.5) is 0 Å². The largest absolute Gasteiger partial charge is 0.370 e. The molecule has 22 heavy (non-hydrogen) atoms. The third-order valence-electron chi connectivity index (χ3n) is 4.08. The van der Waals surface area contributed by atoms with E-state index in [0.717, 1.165) is 19.6 Å². The van der Waals surface area contributed by atoms with Crippen molar-refractivity contribution in [2.45, 2.75) is 39.5 Å². The van der Waals surface area contributed by atoms with Crippen molar-refractivity contribution in [2.24, 2.45) is 16.6 Å². The highest BCUT2D eigenvalue weighted by atomic mass is 127. The van der Waals surface area contributed by atoms with Gasteiger partial charge in [0.15, 0.2) is 5.96 Å². The summed E-state index contributed by atoms with van der Waals surface area (Å²) in [5, 5.41) is 3.21. The van der Waals surface area contributed by atoms with Crippen molar-refractivity contribution < 1.29 is 0 Å². The number of piperazine rings is 1. The molecule has 0 aromatic rings. The molecule has 1 aliphatic rings. The standard InChI is InChI=1S/C16H35N5.HI/c1-4-5-6-7-8-18-16(17)19-13-15(2)14-21-11-9-20(3)10-12-21;/h15H,4-14H2,1-3H3,(H3,17,18,19);1H. The van der Waals surface area contributed by atoms with Gasteiger partial charge < -0.3 is 20.9 Å². The maximum Gasteiger partial charge on any atom is 0.188 e. The number of aliphatic imine (C=N–C) groups is 1. The van der Waals surface area contributed by atoms with Crippen molar-refractivity contribution in [3.63, 3.8) is 0 Å². The number of nitrogens with zero attached hydrogens (tertiary/aromatic N) is 3. The van der Waals surface area contributed by atoms with Gasteiger partial charge in [-0.25, -0.2) is 0 Å². The van der Waals surface area contributed by atoms with Gasteiger partial charge in [-0.3, -0.25) is 4.99 Å². The van der Waals surface area contributed by atoms with Gasteiger partial charge in [0, 0.05) is 45.8 Å². The first-order chi connectivity index (χ1) is 10.1. The Balaban J connectivity index is 0.00000441. The van der Waals surface area contributed by atoms with Gasteiger partial charge in [-0.2, -0.15) is 0 Å². The molecule has 1 atom stereocenters. The molecule has 0 aromatic carbocycles. The highest BCUT2D eigenvalue weighted by Gasteiger charge is 2.15. The Morgan fingerprint density at radius 2 is 1.86 bits per heavy atom. The minimum atomic E-state index is 0. The summed E-state index contributed by atoms with van der Waals surface area (Å²) in [6.07, 6.45) is 5.03. The van der Waals surface area contributed by atoms with E-state index in [9.17, 15) is 0 Å². The first-order valence-electron chi connectivity index (χ1n) is 8.56. The summed E-state index contributed by atoms with van der Waals surface area (Å²) in [5.74, 6) is 1.17. The average Bonchev–Trinajstić information content (AvgIpc) is 2.47. The highest BCUT2D eigenvalue weighted by molar-refractivity contribution is 14.0. The summed E-state index contributed by atoms with van der Waals surface area (Å²) in [5.41, 5.74) is 5.91. The van der Waals surface area contributed by atoms with Crippen molar-refractivity contribution in [2.75, 3.05) is 52.9 Å². The zero-order chi connectivity index (χ0) is 15.5. The molecule has 6 heteroatoms. The third kappa shape index (κ3) is 10.6. The molecule has 1 unspecified atom stereocenters. The number of nitrogens with two attached hydrogens (primary N) is 1. The Morgan fingerprint density at radius 1 is 1.18 bits per heavy atom. The molecule has 5 nitrogen and oxygen atoms in total. The fourth-order valence-electron chi connectivity index (χ4n) is 2.61. The summed E-state index contributed by atoms with van der Waals surface area (Å²) >= 11 is 0. The van der Waals surface area contributed by atoms with E-state index < -0.39 is 0 Å². The molecular weight excluding hydrogens is 389 g/mol. The molecule has 0 bridgehead atoms. The Hall–Kier alpha value is -0.0800. The predicted octanol–water partition coefficient (Wildman–Crippen LogP) is 1.97. The molecule has 0 spiro atoms. The van der Waals surface area contributed by atoms with Crippen molar-refractivity contribution >= 4 is 29.9 Å². The van der Waals surface area contributed by atoms with Crippen LogP contribution in [-0.2, 0) is 0 Å². The third-order valence-corrected chi connectivity index (χ3v) is 4.08. The molecule has 1 saturated heterocycles. The Kier molecular flexibility index (Phi) is 13.3. The van der Waals surface area contributed by atoms with Crippen molar-refractivity contribution in [1.82, 2.24) is 15.1 Å². The number of unbranched alkanes of at least 4 members (excludes halogenated alkanes) is 3. The summed E-state index contributed by atoms with van der Waals surface area (Å²) in [6, 6.07) is 0. The molecule has 0 aliphatic carbocycles. The molecule has 1 fully saturated rings. The first kappa shape index (κ1) is 21.9. The van der Waals surface area contributed by atoms with Gasteiger partial charge in [-0.05, 0) is 19.4 Å². The van der Waals surface area contributed by atoms with Crippen LogP contribution in [0.3, 0.4) is 0 Å². The molecule has 132 valence electrons. The number of hydrogen-bond donors (Lipinski definition) is 2. The van der Waals surface area contributed by atoms with E-state index in [1.165, 1.54) is 51.9 Å². The highest BCUT2D eigenvalue weighted by Crippen LogP contribution is 2.04. The second-order valence-corrected chi connectivity index (χ2v) is 6.42. The second-order valence-electron chi connectivity index (χ2n) is 6.42. The van der Waals surface area contributed by atoms with Gasteiger partial charge in [0.2, 0.25) is 0 Å². The lowest BCUT2D eigenvalue weighted by Crippen LogP contribution is -2.46. The lowest BCUT2D eigenvalue weighted by atomic mass is 10.1. The maximum absolute atomic E-state index is 5.91. The molecule has 0 saturated carbocycles. The fourth-order valence-corrected chi connectivity index (χ4v) is 2.61. The lowest BCUT2D eigenvalue weighted by molar-refractivity contribution is 0.140. The normalized spacial score (nSPS) is 18.8. The van der Waals surface area contributed by atoms with Crippen molar-refractivity contribution in [3.05, 3.63) is 0 Å². The molecule has 1 heterocycles. The number of likely N-dealkylation sites (N-methyl/N-ethyl adjacent to an activating group) is 1. The van der Waals surface area contributed by atoms with E-state index in [4.69, 9.17) is 5.73 Å². The molecule has 1 rings (SSSR count). The minimum Gasteiger partial charge on any atom is -0.370 e. The van der Waals surface area contributed by atoms with E-state index in [0.29, 0.717) is 11.9 Å². The van der Waals surface area contributed by atoms with E-state index in [1.54, 1.807) is 0 Å². The van der Waals surface area contributed by atoms with Crippen LogP contribution in [0.1, 0.15) is 39.5 Å². The van der Waals surface area contributed by atoms with Crippen LogP contribution < -0.4 is 11.1 Å². The van der Waals surface area contributed by atoms with E-state index >= 15 is 0 Å². The van der Waals surface area contributed by atoms with E-state index in [1.807, 2.05) is 0 Å². The van der Waals surface area contributed by atoms with Gasteiger partial charge in [0.1, 0.15) is 0 Å². The van der Waals surface area contributed by atoms with Crippen LogP contribution >= 0.6 is 24.0 Å². The predicted molar refractivity (Wildman–Crippen MR) is 107 cm³/mol. The van der Waals surface area contributed by atoms with Crippen LogP contribution in [0, 0.1) is 5.92 Å². The Labute approximate surface area is 154 Å². The van der Waals surface area contributed by atoms with Gasteiger partial charge >= 0.3 is 0 Å². The van der Waals surface area contributed by atoms with Gasteiger partial charge in [-0.15, -0.1) is 24.0 Å². The zero-order valence-electron chi connectivity index (χ0n) is 14.7. The number of rotatable bonds is 9. The monoisotopic (exact) mass is 425 g/mol. The van der Waals surface area contributed by atoms with E-state index in [-0.39, 0.29) is 24.0 Å². The number of nitrogens with one attached hydrogen (secondary N) is 1. The van der Waals surface area contributed by atoms with Gasteiger partial charge in [0.25, 0.3) is 0 Å². The van der Waals surface area contributed by atoms with Crippen LogP contribution in [0.25, 0.3) is 0 Å². The summed E-state index contributed by atoms with van der Waals surface area (Å²) in [6.45, 7) is 12.1. The van der Waals surface area contributed by atoms with Gasteiger partial charge in [0.05, 0.1) is 0 Å². The number of halogens is 1. The maximum atomic E-state index is 5.91. The van der Waals surface area contributed by atoms with Crippen LogP contribution in [0.5, 0.6) is 0 Å². The summed E-state index contributed by atoms with van der Waals surface area (Å²) < 4.78 is 0. The van der Waals surface area contributed by atoms with E-state index in [2.05, 4.69) is 41.0 Å². The topological polar surface area (TPSA) is 56.9 Å². The Bertz CT molecular complexity index is 290. The number of guanidine groups is 1. The molecular formula is C16H36IN5. The minimum absolute atomic E-state index is 0. The Morgan fingerprint density at radius 3 is 2.50 bits per heavy atom. The van der Waals surface area contributed by atoms with Crippen LogP contribution in [-0.4, -0.2) is 68.6 Å². The smallest absolute Gasteiger partial charge is 0.188 e. The van der Waals surface area contributed by atoms with Crippen LogP contribution in [0.2, 0.25) is 0 Å². The first-order valence-corrected chi connectivity index (χ1v) is 8.56. The van der Waals surface area contributed by atoms with Crippen molar-refractivity contribution in [1.29, 1.82) is 0 Å². The quantitative estimate of drug-likeness (QED) is 0.257. The number of hydrogen-bond acceptors (Lipinski definition) is 3. The molecule has 0 aromatic heterocycles.